The summed E-state index contributed by atoms with van der Waals surface area (Å²) in [6.07, 6.45) is 3.60. The van der Waals surface area contributed by atoms with Crippen molar-refractivity contribution in [3.05, 3.63) is 65.7 Å². The van der Waals surface area contributed by atoms with Crippen molar-refractivity contribution in [1.82, 2.24) is 15.2 Å². The minimum Gasteiger partial charge on any atom is -0.348 e. The zero-order valence-corrected chi connectivity index (χ0v) is 14.5. The normalized spacial score (nSPS) is 19.4. The molecule has 25 heavy (non-hydrogen) atoms. The number of hydrogen-bond acceptors (Lipinski definition) is 3. The molecule has 1 amide bonds. The fourth-order valence-corrected chi connectivity index (χ4v) is 3.34. The highest BCUT2D eigenvalue weighted by molar-refractivity contribution is 5.79. The number of nitrogens with one attached hydrogen (secondary N) is 1. The summed E-state index contributed by atoms with van der Waals surface area (Å²) < 4.78 is 13.3. The molecule has 2 heterocycles. The van der Waals surface area contributed by atoms with Crippen molar-refractivity contribution in [1.29, 1.82) is 0 Å². The van der Waals surface area contributed by atoms with E-state index in [-0.39, 0.29) is 23.7 Å². The van der Waals surface area contributed by atoms with E-state index < -0.39 is 0 Å². The SMILES string of the molecule is C[C@@H](NC(=O)[C@H]1CCCN(Cc2cccc(F)c2)C1)c1ccccn1. The number of hydrogen-bond donors (Lipinski definition) is 1. The third-order valence-corrected chi connectivity index (χ3v) is 4.66. The van der Waals surface area contributed by atoms with Crippen LogP contribution in [0.15, 0.2) is 48.7 Å². The summed E-state index contributed by atoms with van der Waals surface area (Å²) in [6.45, 7) is 4.28. The van der Waals surface area contributed by atoms with Crippen LogP contribution in [0.2, 0.25) is 0 Å². The summed E-state index contributed by atoms with van der Waals surface area (Å²) in [6, 6.07) is 12.3. The second-order valence-corrected chi connectivity index (χ2v) is 6.69. The zero-order valence-electron chi connectivity index (χ0n) is 14.5. The average Bonchev–Trinajstić information content (AvgIpc) is 2.62. The number of pyridine rings is 1. The van der Waals surface area contributed by atoms with Crippen LogP contribution in [0.5, 0.6) is 0 Å². The largest absolute Gasteiger partial charge is 0.348 e. The molecule has 0 radical (unpaired) electrons. The molecule has 0 unspecified atom stereocenters. The van der Waals surface area contributed by atoms with Crippen LogP contribution in [0.1, 0.15) is 37.1 Å². The molecule has 4 nitrogen and oxygen atoms in total. The Morgan fingerprint density at radius 2 is 2.24 bits per heavy atom. The van der Waals surface area contributed by atoms with E-state index in [2.05, 4.69) is 15.2 Å². The first-order chi connectivity index (χ1) is 12.1. The lowest BCUT2D eigenvalue weighted by atomic mass is 9.96. The molecule has 0 aliphatic carbocycles. The van der Waals surface area contributed by atoms with Crippen molar-refractivity contribution in [2.24, 2.45) is 5.92 Å². The van der Waals surface area contributed by atoms with Crippen LogP contribution in [-0.2, 0) is 11.3 Å². The number of amides is 1. The number of piperidine rings is 1. The van der Waals surface area contributed by atoms with Gasteiger partial charge in [0.2, 0.25) is 5.91 Å². The third-order valence-electron chi connectivity index (χ3n) is 4.66. The van der Waals surface area contributed by atoms with Crippen LogP contribution in [0.3, 0.4) is 0 Å². The monoisotopic (exact) mass is 341 g/mol. The van der Waals surface area contributed by atoms with Crippen molar-refractivity contribution < 1.29 is 9.18 Å². The molecular weight excluding hydrogens is 317 g/mol. The van der Waals surface area contributed by atoms with Gasteiger partial charge in [0, 0.05) is 19.3 Å². The van der Waals surface area contributed by atoms with E-state index in [0.29, 0.717) is 13.1 Å². The van der Waals surface area contributed by atoms with Crippen LogP contribution >= 0.6 is 0 Å². The van der Waals surface area contributed by atoms with Crippen molar-refractivity contribution in [2.75, 3.05) is 13.1 Å². The van der Waals surface area contributed by atoms with E-state index in [1.807, 2.05) is 31.2 Å². The van der Waals surface area contributed by atoms with Gasteiger partial charge in [0.15, 0.2) is 0 Å². The van der Waals surface area contributed by atoms with Gasteiger partial charge in [-0.15, -0.1) is 0 Å². The predicted octanol–water partition coefficient (Wildman–Crippen LogP) is 3.31. The van der Waals surface area contributed by atoms with Crippen LogP contribution in [0, 0.1) is 11.7 Å². The fraction of sp³-hybridized carbons (Fsp3) is 0.400. The predicted molar refractivity (Wildman–Crippen MR) is 95.2 cm³/mol. The Hall–Kier alpha value is -2.27. The van der Waals surface area contributed by atoms with E-state index in [1.165, 1.54) is 6.07 Å². The number of benzene rings is 1. The Morgan fingerprint density at radius 3 is 3.00 bits per heavy atom. The molecule has 1 N–H and O–H groups in total. The van der Waals surface area contributed by atoms with Gasteiger partial charge in [0.1, 0.15) is 5.82 Å². The molecular formula is C20H24FN3O. The number of aromatic nitrogens is 1. The molecule has 1 aliphatic rings. The maximum Gasteiger partial charge on any atom is 0.224 e. The Morgan fingerprint density at radius 1 is 1.36 bits per heavy atom. The summed E-state index contributed by atoms with van der Waals surface area (Å²) in [4.78, 5) is 19.1. The molecule has 0 bridgehead atoms. The molecule has 0 spiro atoms. The first kappa shape index (κ1) is 17.5. The van der Waals surface area contributed by atoms with Crippen LogP contribution < -0.4 is 5.32 Å². The van der Waals surface area contributed by atoms with Crippen LogP contribution in [0.4, 0.5) is 4.39 Å². The molecule has 2 atom stereocenters. The van der Waals surface area contributed by atoms with Crippen LogP contribution in [0.25, 0.3) is 0 Å². The molecule has 0 saturated carbocycles. The topological polar surface area (TPSA) is 45.2 Å². The van der Waals surface area contributed by atoms with Gasteiger partial charge in [-0.25, -0.2) is 4.39 Å². The van der Waals surface area contributed by atoms with Crippen molar-refractivity contribution in [3.63, 3.8) is 0 Å². The van der Waals surface area contributed by atoms with Gasteiger partial charge in [-0.05, 0) is 56.1 Å². The maximum atomic E-state index is 13.3. The second kappa shape index (κ2) is 8.21. The highest BCUT2D eigenvalue weighted by Gasteiger charge is 2.27. The Kier molecular flexibility index (Phi) is 5.76. The molecule has 3 rings (SSSR count). The second-order valence-electron chi connectivity index (χ2n) is 6.69. The maximum absolute atomic E-state index is 13.3. The summed E-state index contributed by atoms with van der Waals surface area (Å²) in [5, 5.41) is 3.07. The smallest absolute Gasteiger partial charge is 0.224 e. The summed E-state index contributed by atoms with van der Waals surface area (Å²) in [5.74, 6) is -0.177. The standard InChI is InChI=1S/C20H24FN3O/c1-15(19-9-2-3-10-22-19)23-20(25)17-7-5-11-24(14-17)13-16-6-4-8-18(21)12-16/h2-4,6,8-10,12,15,17H,5,7,11,13-14H2,1H3,(H,23,25)/t15-,17+/m1/s1. The van der Waals surface area contributed by atoms with Crippen molar-refractivity contribution >= 4 is 5.91 Å². The van der Waals surface area contributed by atoms with E-state index in [4.69, 9.17) is 0 Å². The zero-order chi connectivity index (χ0) is 17.6. The van der Waals surface area contributed by atoms with Gasteiger partial charge in [0.25, 0.3) is 0 Å². The first-order valence-electron chi connectivity index (χ1n) is 8.80. The van der Waals surface area contributed by atoms with Gasteiger partial charge >= 0.3 is 0 Å². The minimum atomic E-state index is -0.215. The number of rotatable bonds is 5. The average molecular weight is 341 g/mol. The molecule has 5 heteroatoms. The molecule has 1 aromatic carbocycles. The lowest BCUT2D eigenvalue weighted by Gasteiger charge is -2.32. The fourth-order valence-electron chi connectivity index (χ4n) is 3.34. The van der Waals surface area contributed by atoms with Gasteiger partial charge in [-0.3, -0.25) is 14.7 Å². The van der Waals surface area contributed by atoms with E-state index in [9.17, 15) is 9.18 Å². The Labute approximate surface area is 148 Å². The van der Waals surface area contributed by atoms with Gasteiger partial charge in [-0.2, -0.15) is 0 Å². The highest BCUT2D eigenvalue weighted by Crippen LogP contribution is 2.20. The number of carbonyl (C=O) groups excluding carboxylic acids is 1. The van der Waals surface area contributed by atoms with E-state index in [0.717, 1.165) is 30.6 Å². The summed E-state index contributed by atoms with van der Waals surface area (Å²) in [7, 11) is 0. The molecule has 132 valence electrons. The first-order valence-corrected chi connectivity index (χ1v) is 8.80. The highest BCUT2D eigenvalue weighted by atomic mass is 19.1. The number of halogens is 1. The molecule has 1 aliphatic heterocycles. The Bertz CT molecular complexity index is 707. The van der Waals surface area contributed by atoms with Gasteiger partial charge in [0.05, 0.1) is 17.7 Å². The van der Waals surface area contributed by atoms with E-state index in [1.54, 1.807) is 18.3 Å². The number of likely N-dealkylation sites (tertiary alicyclic amines) is 1. The minimum absolute atomic E-state index is 0.0338. The quantitative estimate of drug-likeness (QED) is 0.907. The summed E-state index contributed by atoms with van der Waals surface area (Å²) >= 11 is 0. The lowest BCUT2D eigenvalue weighted by molar-refractivity contribution is -0.127. The van der Waals surface area contributed by atoms with Crippen LogP contribution in [-0.4, -0.2) is 28.9 Å². The lowest BCUT2D eigenvalue weighted by Crippen LogP contribution is -2.43. The summed E-state index contributed by atoms with van der Waals surface area (Å²) in [5.41, 5.74) is 1.81. The number of nitrogens with zero attached hydrogens (tertiary/aromatic N) is 2. The molecule has 1 saturated heterocycles. The third kappa shape index (κ3) is 4.86. The molecule has 2 aromatic rings. The van der Waals surface area contributed by atoms with Crippen molar-refractivity contribution in [2.45, 2.75) is 32.4 Å². The van der Waals surface area contributed by atoms with Crippen molar-refractivity contribution in [3.8, 4) is 0 Å². The van der Waals surface area contributed by atoms with E-state index >= 15 is 0 Å². The van der Waals surface area contributed by atoms with Gasteiger partial charge in [-0.1, -0.05) is 18.2 Å². The molecule has 1 fully saturated rings. The number of carbonyl (C=O) groups is 1. The van der Waals surface area contributed by atoms with Gasteiger partial charge < -0.3 is 5.32 Å². The molecule has 1 aromatic heterocycles. The Balaban J connectivity index is 1.56.